The Labute approximate surface area is 167 Å². The van der Waals surface area contributed by atoms with Gasteiger partial charge in [0.2, 0.25) is 0 Å². The van der Waals surface area contributed by atoms with Crippen molar-refractivity contribution in [3.63, 3.8) is 0 Å². The third-order valence-electron chi connectivity index (χ3n) is 3.97. The third kappa shape index (κ3) is 6.62. The maximum absolute atomic E-state index is 12.1. The number of carbonyl (C=O) groups excluding carboxylic acids is 2. The van der Waals surface area contributed by atoms with E-state index < -0.39 is 10.9 Å². The lowest BCUT2D eigenvalue weighted by Crippen LogP contribution is -2.27. The number of halogens is 1. The molecule has 1 unspecified atom stereocenters. The van der Waals surface area contributed by atoms with Gasteiger partial charge in [0, 0.05) is 23.1 Å². The Morgan fingerprint density at radius 3 is 2.50 bits per heavy atom. The van der Waals surface area contributed by atoms with Crippen LogP contribution in [0.2, 0.25) is 5.02 Å². The van der Waals surface area contributed by atoms with Crippen LogP contribution in [0.5, 0.6) is 0 Å². The van der Waals surface area contributed by atoms with Crippen LogP contribution in [0.15, 0.2) is 42.6 Å². The second-order valence-corrected chi connectivity index (χ2v) is 6.46. The maximum Gasteiger partial charge on any atom is 0.306 e. The number of esters is 1. The number of ketones is 1. The maximum atomic E-state index is 12.1. The number of nitro groups is 1. The number of ether oxygens (including phenoxy) is 1. The number of hydrogen-bond donors (Lipinski definition) is 1. The molecule has 0 fully saturated rings. The molecule has 0 amide bonds. The van der Waals surface area contributed by atoms with E-state index in [4.69, 9.17) is 16.3 Å². The molecule has 2 aromatic rings. The Hall–Kier alpha value is -3.00. The Morgan fingerprint density at radius 1 is 1.21 bits per heavy atom. The van der Waals surface area contributed by atoms with Gasteiger partial charge in [-0.15, -0.1) is 0 Å². The third-order valence-corrected chi connectivity index (χ3v) is 4.22. The van der Waals surface area contributed by atoms with Gasteiger partial charge in [0.1, 0.15) is 18.6 Å². The molecular formula is C19H20ClN3O5. The Bertz CT molecular complexity index is 824. The first-order valence-corrected chi connectivity index (χ1v) is 9.08. The zero-order chi connectivity index (χ0) is 20.5. The number of nitrogens with zero attached hydrogens (tertiary/aromatic N) is 2. The average molecular weight is 406 g/mol. The fourth-order valence-corrected chi connectivity index (χ4v) is 2.44. The van der Waals surface area contributed by atoms with Crippen LogP contribution in [-0.4, -0.2) is 34.3 Å². The molecule has 1 aromatic heterocycles. The number of nitrogens with one attached hydrogen (secondary N) is 1. The second-order valence-electron chi connectivity index (χ2n) is 6.02. The molecule has 8 nitrogen and oxygen atoms in total. The molecule has 1 heterocycles. The summed E-state index contributed by atoms with van der Waals surface area (Å²) in [7, 11) is 0. The van der Waals surface area contributed by atoms with Crippen LogP contribution >= 0.6 is 11.6 Å². The fourth-order valence-electron chi connectivity index (χ4n) is 2.31. The van der Waals surface area contributed by atoms with E-state index >= 15 is 0 Å². The minimum atomic E-state index is -0.527. The Balaban J connectivity index is 1.77. The van der Waals surface area contributed by atoms with Crippen molar-refractivity contribution in [3.05, 3.63) is 63.3 Å². The molecule has 0 saturated carbocycles. The first-order chi connectivity index (χ1) is 13.4. The van der Waals surface area contributed by atoms with Crippen LogP contribution in [0.4, 0.5) is 11.5 Å². The summed E-state index contributed by atoms with van der Waals surface area (Å²) in [6.07, 6.45) is 1.83. The lowest BCUT2D eigenvalue weighted by atomic mass is 10.1. The molecule has 0 saturated heterocycles. The van der Waals surface area contributed by atoms with Crippen LogP contribution in [-0.2, 0) is 9.53 Å². The number of rotatable bonds is 10. The highest BCUT2D eigenvalue weighted by atomic mass is 35.5. The van der Waals surface area contributed by atoms with Crippen LogP contribution in [0, 0.1) is 10.1 Å². The van der Waals surface area contributed by atoms with Gasteiger partial charge in [0.25, 0.3) is 5.69 Å². The van der Waals surface area contributed by atoms with Gasteiger partial charge in [-0.2, -0.15) is 0 Å². The van der Waals surface area contributed by atoms with Crippen molar-refractivity contribution in [2.75, 3.05) is 11.9 Å². The van der Waals surface area contributed by atoms with Gasteiger partial charge in [0.05, 0.1) is 17.4 Å². The highest BCUT2D eigenvalue weighted by molar-refractivity contribution is 6.30. The molecular weight excluding hydrogens is 386 g/mol. The highest BCUT2D eigenvalue weighted by Gasteiger charge is 2.14. The molecule has 28 heavy (non-hydrogen) atoms. The van der Waals surface area contributed by atoms with Gasteiger partial charge in [-0.05, 0) is 36.8 Å². The van der Waals surface area contributed by atoms with E-state index in [0.29, 0.717) is 22.8 Å². The summed E-state index contributed by atoms with van der Waals surface area (Å²) in [6.45, 7) is 2.00. The zero-order valence-corrected chi connectivity index (χ0v) is 16.0. The van der Waals surface area contributed by atoms with Crippen LogP contribution in [0.1, 0.15) is 36.5 Å². The molecule has 9 heteroatoms. The normalized spacial score (nSPS) is 11.5. The first kappa shape index (κ1) is 21.3. The summed E-state index contributed by atoms with van der Waals surface area (Å²) in [5, 5.41) is 14.2. The van der Waals surface area contributed by atoms with Gasteiger partial charge >= 0.3 is 5.97 Å². The van der Waals surface area contributed by atoms with Crippen molar-refractivity contribution in [1.29, 1.82) is 0 Å². The van der Waals surface area contributed by atoms with E-state index in [2.05, 4.69) is 10.3 Å². The Kier molecular flexibility index (Phi) is 7.88. The number of anilines is 1. The van der Waals surface area contributed by atoms with E-state index in [9.17, 15) is 19.7 Å². The largest absolute Gasteiger partial charge is 0.463 e. The number of pyridine rings is 1. The molecule has 0 aliphatic rings. The fraction of sp³-hybridized carbons (Fsp3) is 0.316. The number of benzene rings is 1. The van der Waals surface area contributed by atoms with Gasteiger partial charge in [0.15, 0.2) is 5.78 Å². The van der Waals surface area contributed by atoms with E-state index in [0.717, 1.165) is 6.20 Å². The number of Topliss-reactive ketones (excluding diaryl/α,β-unsaturated/α-hetero) is 1. The first-order valence-electron chi connectivity index (χ1n) is 8.70. The monoisotopic (exact) mass is 405 g/mol. The number of hydrogen-bond acceptors (Lipinski definition) is 7. The van der Waals surface area contributed by atoms with Crippen molar-refractivity contribution in [2.24, 2.45) is 0 Å². The van der Waals surface area contributed by atoms with Crippen molar-refractivity contribution in [3.8, 4) is 0 Å². The molecule has 0 aliphatic heterocycles. The molecule has 148 valence electrons. The topological polar surface area (TPSA) is 111 Å². The lowest BCUT2D eigenvalue weighted by Gasteiger charge is -2.17. The Morgan fingerprint density at radius 2 is 1.93 bits per heavy atom. The van der Waals surface area contributed by atoms with E-state index in [1.807, 2.05) is 6.92 Å². The summed E-state index contributed by atoms with van der Waals surface area (Å²) in [5.74, 6) is -0.181. The van der Waals surface area contributed by atoms with Crippen LogP contribution in [0.25, 0.3) is 0 Å². The van der Waals surface area contributed by atoms with E-state index in [1.54, 1.807) is 24.3 Å². The van der Waals surface area contributed by atoms with E-state index in [-0.39, 0.29) is 37.0 Å². The van der Waals surface area contributed by atoms with Gasteiger partial charge in [-0.25, -0.2) is 4.98 Å². The molecule has 0 bridgehead atoms. The van der Waals surface area contributed by atoms with Gasteiger partial charge in [-0.1, -0.05) is 18.5 Å². The smallest absolute Gasteiger partial charge is 0.306 e. The molecule has 2 rings (SSSR count). The summed E-state index contributed by atoms with van der Waals surface area (Å²) in [5.41, 5.74) is 0.393. The predicted molar refractivity (Wildman–Crippen MR) is 105 cm³/mol. The average Bonchev–Trinajstić information content (AvgIpc) is 2.70. The zero-order valence-electron chi connectivity index (χ0n) is 15.3. The van der Waals surface area contributed by atoms with Gasteiger partial charge < -0.3 is 10.1 Å². The quantitative estimate of drug-likeness (QED) is 0.275. The summed E-state index contributed by atoms with van der Waals surface area (Å²) >= 11 is 5.78. The lowest BCUT2D eigenvalue weighted by molar-refractivity contribution is -0.385. The molecule has 0 aliphatic carbocycles. The van der Waals surface area contributed by atoms with Crippen molar-refractivity contribution in [1.82, 2.24) is 4.98 Å². The molecule has 1 aromatic carbocycles. The minimum Gasteiger partial charge on any atom is -0.463 e. The van der Waals surface area contributed by atoms with Crippen molar-refractivity contribution < 1.29 is 19.2 Å². The summed E-state index contributed by atoms with van der Waals surface area (Å²) < 4.78 is 5.22. The minimum absolute atomic E-state index is 0.0202. The van der Waals surface area contributed by atoms with Crippen LogP contribution < -0.4 is 5.32 Å². The number of carbonyl (C=O) groups is 2. The molecule has 0 radical (unpaired) electrons. The van der Waals surface area contributed by atoms with Gasteiger partial charge in [-0.3, -0.25) is 19.7 Å². The summed E-state index contributed by atoms with van der Waals surface area (Å²) in [4.78, 5) is 38.0. The molecule has 1 N–H and O–H groups in total. The predicted octanol–water partition coefficient (Wildman–Crippen LogP) is 4.04. The summed E-state index contributed by atoms with van der Waals surface area (Å²) in [6, 6.07) is 9.11. The SMILES string of the molecule is CCC(COC(=O)CCC(=O)c1ccc(Cl)cc1)Nc1ccc([N+](=O)[O-])cn1. The van der Waals surface area contributed by atoms with Crippen molar-refractivity contribution in [2.45, 2.75) is 32.2 Å². The second kappa shape index (κ2) is 10.4. The van der Waals surface area contributed by atoms with Crippen LogP contribution in [0.3, 0.4) is 0 Å². The molecule has 0 spiro atoms. The standard InChI is InChI=1S/C19H20ClN3O5/c1-2-15(22-18-9-7-16(11-21-18)23(26)27)12-28-19(25)10-8-17(24)13-3-5-14(20)6-4-13/h3-7,9,11,15H,2,8,10,12H2,1H3,(H,21,22). The highest BCUT2D eigenvalue weighted by Crippen LogP contribution is 2.14. The van der Waals surface area contributed by atoms with E-state index in [1.165, 1.54) is 12.1 Å². The molecule has 1 atom stereocenters. The van der Waals surface area contributed by atoms with Crippen molar-refractivity contribution >= 4 is 34.9 Å². The number of aromatic nitrogens is 1.